The Hall–Kier alpha value is -0.870. The number of benzene rings is 1. The molecule has 1 aromatic carbocycles. The predicted octanol–water partition coefficient (Wildman–Crippen LogP) is 2.55. The Morgan fingerprint density at radius 2 is 1.72 bits per heavy atom. The number of nitrogens with one attached hydrogen (secondary N) is 1. The maximum Gasteiger partial charge on any atom is 0.179 e. The molecule has 0 unspecified atom stereocenters. The molecule has 0 aliphatic carbocycles. The number of hydrogen-bond donors (Lipinski definition) is 1. The molecule has 18 heavy (non-hydrogen) atoms. The van der Waals surface area contributed by atoms with E-state index < -0.39 is 9.84 Å². The molecule has 4 heteroatoms. The zero-order chi connectivity index (χ0) is 13.4. The van der Waals surface area contributed by atoms with Crippen molar-refractivity contribution in [1.29, 1.82) is 0 Å². The molecule has 1 aromatic rings. The fourth-order valence-corrected chi connectivity index (χ4v) is 2.89. The van der Waals surface area contributed by atoms with Crippen LogP contribution in [0.15, 0.2) is 29.2 Å². The number of aryl methyl sites for hydroxylation is 1. The SMILES string of the molecule is CCCCCNCCS(=O)(=O)c1ccc(C)cc1. The van der Waals surface area contributed by atoms with Crippen LogP contribution in [-0.2, 0) is 9.84 Å². The van der Waals surface area contributed by atoms with Crippen LogP contribution >= 0.6 is 0 Å². The Bertz CT molecular complexity index is 437. The number of hydrogen-bond acceptors (Lipinski definition) is 3. The second-order valence-electron chi connectivity index (χ2n) is 4.59. The van der Waals surface area contributed by atoms with E-state index in [1.165, 1.54) is 12.8 Å². The number of rotatable bonds is 8. The van der Waals surface area contributed by atoms with E-state index in [4.69, 9.17) is 0 Å². The topological polar surface area (TPSA) is 46.2 Å². The highest BCUT2D eigenvalue weighted by atomic mass is 32.2. The maximum atomic E-state index is 12.0. The van der Waals surface area contributed by atoms with Gasteiger partial charge >= 0.3 is 0 Å². The molecule has 1 rings (SSSR count). The van der Waals surface area contributed by atoms with Gasteiger partial charge in [-0.15, -0.1) is 0 Å². The highest BCUT2D eigenvalue weighted by molar-refractivity contribution is 7.91. The third-order valence-corrected chi connectivity index (χ3v) is 4.62. The van der Waals surface area contributed by atoms with E-state index >= 15 is 0 Å². The Morgan fingerprint density at radius 1 is 1.06 bits per heavy atom. The summed E-state index contributed by atoms with van der Waals surface area (Å²) in [5.74, 6) is 0.169. The zero-order valence-electron chi connectivity index (χ0n) is 11.3. The lowest BCUT2D eigenvalue weighted by Crippen LogP contribution is -2.24. The van der Waals surface area contributed by atoms with E-state index in [1.54, 1.807) is 12.1 Å². The lowest BCUT2D eigenvalue weighted by Gasteiger charge is -2.06. The molecule has 3 nitrogen and oxygen atoms in total. The lowest BCUT2D eigenvalue weighted by molar-refractivity contribution is 0.586. The van der Waals surface area contributed by atoms with E-state index in [0.717, 1.165) is 18.5 Å². The van der Waals surface area contributed by atoms with Gasteiger partial charge in [-0.2, -0.15) is 0 Å². The second-order valence-corrected chi connectivity index (χ2v) is 6.70. The maximum absolute atomic E-state index is 12.0. The molecule has 0 saturated carbocycles. The Morgan fingerprint density at radius 3 is 2.33 bits per heavy atom. The van der Waals surface area contributed by atoms with Crippen molar-refractivity contribution in [2.45, 2.75) is 38.0 Å². The van der Waals surface area contributed by atoms with Crippen LogP contribution in [0.1, 0.15) is 31.7 Å². The quantitative estimate of drug-likeness (QED) is 0.738. The molecule has 0 saturated heterocycles. The minimum atomic E-state index is -3.13. The Kier molecular flexibility index (Phi) is 6.36. The normalized spacial score (nSPS) is 11.7. The van der Waals surface area contributed by atoms with Crippen molar-refractivity contribution in [3.63, 3.8) is 0 Å². The minimum Gasteiger partial charge on any atom is -0.316 e. The van der Waals surface area contributed by atoms with Gasteiger partial charge in [-0.05, 0) is 32.0 Å². The first kappa shape index (κ1) is 15.2. The molecular weight excluding hydrogens is 246 g/mol. The highest BCUT2D eigenvalue weighted by Gasteiger charge is 2.12. The van der Waals surface area contributed by atoms with Crippen LogP contribution in [0.2, 0.25) is 0 Å². The van der Waals surface area contributed by atoms with Gasteiger partial charge in [0.25, 0.3) is 0 Å². The number of unbranched alkanes of at least 4 members (excludes halogenated alkanes) is 2. The van der Waals surface area contributed by atoms with Crippen LogP contribution in [0.25, 0.3) is 0 Å². The molecular formula is C14H23NO2S. The van der Waals surface area contributed by atoms with Crippen LogP contribution in [0.4, 0.5) is 0 Å². The molecule has 0 heterocycles. The van der Waals surface area contributed by atoms with E-state index in [2.05, 4.69) is 12.2 Å². The summed E-state index contributed by atoms with van der Waals surface area (Å²) < 4.78 is 24.0. The third-order valence-electron chi connectivity index (χ3n) is 2.88. The van der Waals surface area contributed by atoms with E-state index in [9.17, 15) is 8.42 Å². The van der Waals surface area contributed by atoms with Gasteiger partial charge in [-0.1, -0.05) is 37.5 Å². The highest BCUT2D eigenvalue weighted by Crippen LogP contribution is 2.11. The molecule has 0 spiro atoms. The molecule has 1 N–H and O–H groups in total. The first-order chi connectivity index (χ1) is 8.56. The van der Waals surface area contributed by atoms with Crippen LogP contribution in [0, 0.1) is 6.92 Å². The van der Waals surface area contributed by atoms with Crippen LogP contribution in [0.5, 0.6) is 0 Å². The predicted molar refractivity (Wildman–Crippen MR) is 75.6 cm³/mol. The van der Waals surface area contributed by atoms with Crippen LogP contribution in [-0.4, -0.2) is 27.3 Å². The van der Waals surface area contributed by atoms with E-state index in [0.29, 0.717) is 11.4 Å². The van der Waals surface area contributed by atoms with Crippen molar-refractivity contribution < 1.29 is 8.42 Å². The fraction of sp³-hybridized carbons (Fsp3) is 0.571. The lowest BCUT2D eigenvalue weighted by atomic mass is 10.2. The van der Waals surface area contributed by atoms with Crippen molar-refractivity contribution in [2.24, 2.45) is 0 Å². The summed E-state index contributed by atoms with van der Waals surface area (Å²) in [5.41, 5.74) is 1.08. The fourth-order valence-electron chi connectivity index (χ4n) is 1.69. The molecule has 0 aliphatic rings. The smallest absolute Gasteiger partial charge is 0.179 e. The summed E-state index contributed by atoms with van der Waals surface area (Å²) in [6, 6.07) is 7.03. The van der Waals surface area contributed by atoms with Crippen LogP contribution < -0.4 is 5.32 Å². The largest absolute Gasteiger partial charge is 0.316 e. The van der Waals surface area contributed by atoms with Crippen molar-refractivity contribution in [3.8, 4) is 0 Å². The summed E-state index contributed by atoms with van der Waals surface area (Å²) in [5, 5.41) is 3.18. The van der Waals surface area contributed by atoms with Crippen molar-refractivity contribution >= 4 is 9.84 Å². The van der Waals surface area contributed by atoms with Gasteiger partial charge in [-0.3, -0.25) is 0 Å². The molecule has 102 valence electrons. The standard InChI is InChI=1S/C14H23NO2S/c1-3-4-5-10-15-11-12-18(16,17)14-8-6-13(2)7-9-14/h6-9,15H,3-5,10-12H2,1-2H3. The zero-order valence-corrected chi connectivity index (χ0v) is 12.1. The second kappa shape index (κ2) is 7.54. The molecule has 0 radical (unpaired) electrons. The summed E-state index contributed by atoms with van der Waals surface area (Å²) in [7, 11) is -3.13. The Balaban J connectivity index is 2.38. The molecule has 0 aromatic heterocycles. The average Bonchev–Trinajstić information content (AvgIpc) is 2.34. The van der Waals surface area contributed by atoms with Gasteiger partial charge in [0.05, 0.1) is 10.6 Å². The van der Waals surface area contributed by atoms with Gasteiger partial charge in [-0.25, -0.2) is 8.42 Å². The van der Waals surface area contributed by atoms with Crippen LogP contribution in [0.3, 0.4) is 0 Å². The minimum absolute atomic E-state index is 0.169. The number of sulfone groups is 1. The van der Waals surface area contributed by atoms with Gasteiger partial charge in [0.1, 0.15) is 0 Å². The van der Waals surface area contributed by atoms with Gasteiger partial charge in [0, 0.05) is 6.54 Å². The average molecular weight is 269 g/mol. The first-order valence-corrected chi connectivity index (χ1v) is 8.21. The first-order valence-electron chi connectivity index (χ1n) is 6.56. The van der Waals surface area contributed by atoms with Crippen molar-refractivity contribution in [3.05, 3.63) is 29.8 Å². The van der Waals surface area contributed by atoms with Gasteiger partial charge < -0.3 is 5.32 Å². The van der Waals surface area contributed by atoms with Crippen molar-refractivity contribution in [1.82, 2.24) is 5.32 Å². The Labute approximate surface area is 111 Å². The van der Waals surface area contributed by atoms with Gasteiger partial charge in [0.15, 0.2) is 9.84 Å². The van der Waals surface area contributed by atoms with Gasteiger partial charge in [0.2, 0.25) is 0 Å². The summed E-state index contributed by atoms with van der Waals surface area (Å²) in [4.78, 5) is 0.420. The molecule has 0 atom stereocenters. The molecule has 0 bridgehead atoms. The summed E-state index contributed by atoms with van der Waals surface area (Å²) in [6.45, 7) is 5.53. The molecule has 0 amide bonds. The third kappa shape index (κ3) is 5.19. The molecule has 0 fully saturated rings. The summed E-state index contributed by atoms with van der Waals surface area (Å²) in [6.07, 6.45) is 3.49. The monoisotopic (exact) mass is 269 g/mol. The summed E-state index contributed by atoms with van der Waals surface area (Å²) >= 11 is 0. The van der Waals surface area contributed by atoms with E-state index in [-0.39, 0.29) is 5.75 Å². The van der Waals surface area contributed by atoms with E-state index in [1.807, 2.05) is 19.1 Å². The van der Waals surface area contributed by atoms with Crippen molar-refractivity contribution in [2.75, 3.05) is 18.8 Å². The molecule has 0 aliphatic heterocycles.